The SMILES string of the molecule is O=c1c(Cl)cn(-c2ccccc2Cl)c(-c2c(F)cc(F)cc2F)c1Cl.O=c1cc(-c2c(F)cc(F)cc2F)n(-c2ccccc2Cl)cc1Cl. The Morgan fingerprint density at radius 1 is 0.490 bits per heavy atom. The molecule has 0 bridgehead atoms. The standard InChI is InChI=1S/C17H7Cl3F3NO.C17H8Cl2F3NO/c18-9-3-1-2-4-13(9)24-7-10(19)17(25)15(20)16(24)14-11(22)5-8(21)6-12(14)23;18-10-3-1-2-4-14(10)23-8-11(19)16(24)7-15(23)17-12(21)5-9(20)6-13(17)22/h1-7H;1-8H. The molecule has 0 aliphatic rings. The highest BCUT2D eigenvalue weighted by Crippen LogP contribution is 2.36. The normalized spacial score (nSPS) is 10.9. The highest BCUT2D eigenvalue weighted by atomic mass is 35.5. The molecule has 0 saturated carbocycles. The van der Waals surface area contributed by atoms with Gasteiger partial charge in [-0.2, -0.15) is 0 Å². The Labute approximate surface area is 297 Å². The molecule has 0 aliphatic heterocycles. The first-order chi connectivity index (χ1) is 23.2. The number of hydrogen-bond acceptors (Lipinski definition) is 2. The lowest BCUT2D eigenvalue weighted by atomic mass is 10.1. The molecule has 0 fully saturated rings. The van der Waals surface area contributed by atoms with Crippen LogP contribution in [0.25, 0.3) is 33.9 Å². The Balaban J connectivity index is 0.000000191. The van der Waals surface area contributed by atoms with Crippen LogP contribution in [0, 0.1) is 34.9 Å². The second kappa shape index (κ2) is 14.7. The number of nitrogens with zero attached hydrogens (tertiary/aromatic N) is 2. The summed E-state index contributed by atoms with van der Waals surface area (Å²) in [7, 11) is 0. The molecule has 6 aromatic rings. The van der Waals surface area contributed by atoms with Crippen molar-refractivity contribution in [2.45, 2.75) is 0 Å². The van der Waals surface area contributed by atoms with Crippen molar-refractivity contribution in [3.8, 4) is 33.9 Å². The molecule has 0 radical (unpaired) electrons. The predicted octanol–water partition coefficient (Wildman–Crippen LogP) is 11.1. The van der Waals surface area contributed by atoms with Crippen LogP contribution in [0.15, 0.2) is 101 Å². The van der Waals surface area contributed by atoms with Gasteiger partial charge in [0.05, 0.1) is 43.9 Å². The molecule has 49 heavy (non-hydrogen) atoms. The average molecular weight is 775 g/mol. The molecular formula is C34H15Cl5F6N2O2. The quantitative estimate of drug-likeness (QED) is 0.167. The van der Waals surface area contributed by atoms with E-state index in [2.05, 4.69) is 0 Å². The van der Waals surface area contributed by atoms with Crippen molar-refractivity contribution >= 4 is 58.0 Å². The molecule has 0 atom stereocenters. The molecular weight excluding hydrogens is 760 g/mol. The number of aromatic nitrogens is 2. The molecule has 250 valence electrons. The zero-order valence-electron chi connectivity index (χ0n) is 24.0. The van der Waals surface area contributed by atoms with E-state index in [-0.39, 0.29) is 37.2 Å². The molecule has 15 heteroatoms. The summed E-state index contributed by atoms with van der Waals surface area (Å²) in [5, 5.41) is -0.432. The lowest BCUT2D eigenvalue weighted by Crippen LogP contribution is -2.13. The van der Waals surface area contributed by atoms with E-state index in [0.717, 1.165) is 12.3 Å². The lowest BCUT2D eigenvalue weighted by Gasteiger charge is -2.18. The van der Waals surface area contributed by atoms with Crippen LogP contribution in [0.4, 0.5) is 26.3 Å². The van der Waals surface area contributed by atoms with Gasteiger partial charge in [-0.1, -0.05) is 82.3 Å². The molecule has 6 rings (SSSR count). The number of para-hydroxylation sites is 2. The fourth-order valence-electron chi connectivity index (χ4n) is 4.73. The van der Waals surface area contributed by atoms with Crippen LogP contribution in [0.1, 0.15) is 0 Å². The Morgan fingerprint density at radius 2 is 0.918 bits per heavy atom. The van der Waals surface area contributed by atoms with Crippen molar-refractivity contribution < 1.29 is 26.3 Å². The van der Waals surface area contributed by atoms with Gasteiger partial charge < -0.3 is 9.13 Å². The fourth-order valence-corrected chi connectivity index (χ4v) is 5.86. The van der Waals surface area contributed by atoms with Crippen LogP contribution in [-0.2, 0) is 0 Å². The van der Waals surface area contributed by atoms with Crippen molar-refractivity contribution in [2.24, 2.45) is 0 Å². The van der Waals surface area contributed by atoms with Crippen LogP contribution in [0.5, 0.6) is 0 Å². The largest absolute Gasteiger partial charge is 0.313 e. The lowest BCUT2D eigenvalue weighted by molar-refractivity contribution is 0.545. The Kier molecular flexibility index (Phi) is 10.9. The summed E-state index contributed by atoms with van der Waals surface area (Å²) in [4.78, 5) is 24.0. The molecule has 0 unspecified atom stereocenters. The van der Waals surface area contributed by atoms with Crippen molar-refractivity contribution in [3.63, 3.8) is 0 Å². The topological polar surface area (TPSA) is 44.0 Å². The van der Waals surface area contributed by atoms with Crippen molar-refractivity contribution in [1.29, 1.82) is 0 Å². The first-order valence-electron chi connectivity index (χ1n) is 13.5. The van der Waals surface area contributed by atoms with Crippen molar-refractivity contribution in [1.82, 2.24) is 9.13 Å². The minimum atomic E-state index is -1.22. The zero-order chi connectivity index (χ0) is 35.7. The predicted molar refractivity (Wildman–Crippen MR) is 180 cm³/mol. The van der Waals surface area contributed by atoms with Crippen LogP contribution in [0.3, 0.4) is 0 Å². The van der Waals surface area contributed by atoms with Crippen LogP contribution in [0.2, 0.25) is 25.1 Å². The van der Waals surface area contributed by atoms with Gasteiger partial charge in [0, 0.05) is 42.7 Å². The first-order valence-corrected chi connectivity index (χ1v) is 15.4. The summed E-state index contributed by atoms with van der Waals surface area (Å²) in [5.74, 6) is -6.89. The highest BCUT2D eigenvalue weighted by molar-refractivity contribution is 6.36. The van der Waals surface area contributed by atoms with Crippen molar-refractivity contribution in [3.05, 3.63) is 172 Å². The van der Waals surface area contributed by atoms with Crippen LogP contribution in [-0.4, -0.2) is 9.13 Å². The molecule has 0 spiro atoms. The monoisotopic (exact) mass is 772 g/mol. The second-order valence-electron chi connectivity index (χ2n) is 9.97. The molecule has 0 amide bonds. The molecule has 4 aromatic carbocycles. The van der Waals surface area contributed by atoms with Gasteiger partial charge in [0.15, 0.2) is 0 Å². The fraction of sp³-hybridized carbons (Fsp3) is 0. The molecule has 4 nitrogen and oxygen atoms in total. The maximum Gasteiger partial charge on any atom is 0.219 e. The number of rotatable bonds is 4. The third kappa shape index (κ3) is 7.39. The molecule has 0 aliphatic carbocycles. The summed E-state index contributed by atoms with van der Waals surface area (Å²) in [5.41, 5.74) is -2.47. The molecule has 2 heterocycles. The third-order valence-corrected chi connectivity index (χ3v) is 8.39. The van der Waals surface area contributed by atoms with Gasteiger partial charge >= 0.3 is 0 Å². The van der Waals surface area contributed by atoms with Gasteiger partial charge in [-0.25, -0.2) is 26.3 Å². The van der Waals surface area contributed by atoms with Crippen molar-refractivity contribution in [2.75, 3.05) is 0 Å². The Morgan fingerprint density at radius 3 is 1.41 bits per heavy atom. The first kappa shape index (κ1) is 36.1. The van der Waals surface area contributed by atoms with Gasteiger partial charge in [0.25, 0.3) is 0 Å². The van der Waals surface area contributed by atoms with E-state index in [1.807, 2.05) is 0 Å². The van der Waals surface area contributed by atoms with E-state index in [0.29, 0.717) is 30.0 Å². The van der Waals surface area contributed by atoms with E-state index in [1.165, 1.54) is 21.4 Å². The molecule has 0 N–H and O–H groups in total. The van der Waals surface area contributed by atoms with Crippen LogP contribution >= 0.6 is 58.0 Å². The summed E-state index contributed by atoms with van der Waals surface area (Å²) in [6.07, 6.45) is 2.36. The number of hydrogen-bond donors (Lipinski definition) is 0. The minimum absolute atomic E-state index is 0.132. The van der Waals surface area contributed by atoms with Gasteiger partial charge in [-0.05, 0) is 24.3 Å². The summed E-state index contributed by atoms with van der Waals surface area (Å²) < 4.78 is 85.8. The van der Waals surface area contributed by atoms with E-state index in [9.17, 15) is 35.9 Å². The zero-order valence-corrected chi connectivity index (χ0v) is 27.8. The Bertz CT molecular complexity index is 2340. The smallest absolute Gasteiger partial charge is 0.219 e. The maximum absolute atomic E-state index is 14.3. The number of pyridine rings is 2. The van der Waals surface area contributed by atoms with E-state index in [1.54, 1.807) is 42.5 Å². The Hall–Kier alpha value is -4.19. The number of halogens is 11. The minimum Gasteiger partial charge on any atom is -0.313 e. The van der Waals surface area contributed by atoms with E-state index >= 15 is 0 Å². The molecule has 0 saturated heterocycles. The molecule has 2 aromatic heterocycles. The highest BCUT2D eigenvalue weighted by Gasteiger charge is 2.24. The summed E-state index contributed by atoms with van der Waals surface area (Å²) >= 11 is 30.0. The summed E-state index contributed by atoms with van der Waals surface area (Å²) in [6, 6.07) is 15.9. The average Bonchev–Trinajstić information content (AvgIpc) is 3.02. The third-order valence-electron chi connectivity index (χ3n) is 6.84. The summed E-state index contributed by atoms with van der Waals surface area (Å²) in [6.45, 7) is 0. The van der Waals surface area contributed by atoms with E-state index < -0.39 is 61.9 Å². The van der Waals surface area contributed by atoms with E-state index in [4.69, 9.17) is 58.0 Å². The second-order valence-corrected chi connectivity index (χ2v) is 12.0. The van der Waals surface area contributed by atoms with Gasteiger partial charge in [-0.15, -0.1) is 0 Å². The van der Waals surface area contributed by atoms with Crippen LogP contribution < -0.4 is 10.9 Å². The maximum atomic E-state index is 14.3. The number of benzene rings is 4. The van der Waals surface area contributed by atoms with Gasteiger partial charge in [0.1, 0.15) is 50.0 Å². The van der Waals surface area contributed by atoms with Gasteiger partial charge in [-0.3, -0.25) is 9.59 Å². The van der Waals surface area contributed by atoms with Gasteiger partial charge in [0.2, 0.25) is 10.9 Å².